The summed E-state index contributed by atoms with van der Waals surface area (Å²) in [6, 6.07) is 7.91. The van der Waals surface area contributed by atoms with E-state index in [0.29, 0.717) is 0 Å². The topological polar surface area (TPSA) is 35.2 Å². The number of ether oxygens (including phenoxy) is 1. The highest BCUT2D eigenvalue weighted by Crippen LogP contribution is 2.37. The second-order valence-electron chi connectivity index (χ2n) is 3.45. The molecular formula is C10H13NO. The first kappa shape index (κ1) is 7.62. The minimum Gasteiger partial charge on any atom is -0.399 e. The lowest BCUT2D eigenvalue weighted by Crippen LogP contribution is -2.37. The van der Waals surface area contributed by atoms with E-state index in [1.165, 1.54) is 5.56 Å². The summed E-state index contributed by atoms with van der Waals surface area (Å²) in [6.45, 7) is 2.97. The Kier molecular flexibility index (Phi) is 1.58. The molecule has 1 aromatic carbocycles. The first-order chi connectivity index (χ1) is 5.71. The standard InChI is InChI=1S/C10H13NO/c1-10(5-6-12-10)8-3-2-4-9(11)7-8/h2-4,7H,5-6,11H2,1H3. The van der Waals surface area contributed by atoms with Crippen molar-refractivity contribution in [2.24, 2.45) is 0 Å². The van der Waals surface area contributed by atoms with Gasteiger partial charge in [0.15, 0.2) is 0 Å². The van der Waals surface area contributed by atoms with Crippen molar-refractivity contribution in [3.63, 3.8) is 0 Å². The number of nitrogen functional groups attached to an aromatic ring is 1. The lowest BCUT2D eigenvalue weighted by Gasteiger charge is -2.39. The number of hydrogen-bond donors (Lipinski definition) is 1. The van der Waals surface area contributed by atoms with E-state index in [0.717, 1.165) is 18.7 Å². The van der Waals surface area contributed by atoms with Gasteiger partial charge in [0.1, 0.15) is 0 Å². The van der Waals surface area contributed by atoms with Crippen LogP contribution >= 0.6 is 0 Å². The van der Waals surface area contributed by atoms with Crippen LogP contribution < -0.4 is 5.73 Å². The molecule has 12 heavy (non-hydrogen) atoms. The molecule has 64 valence electrons. The van der Waals surface area contributed by atoms with E-state index in [-0.39, 0.29) is 5.60 Å². The number of anilines is 1. The molecule has 1 aromatic rings. The van der Waals surface area contributed by atoms with Gasteiger partial charge in [-0.25, -0.2) is 0 Å². The molecule has 0 amide bonds. The first-order valence-corrected chi connectivity index (χ1v) is 4.21. The van der Waals surface area contributed by atoms with Gasteiger partial charge in [-0.3, -0.25) is 0 Å². The highest BCUT2D eigenvalue weighted by molar-refractivity contribution is 5.42. The summed E-state index contributed by atoms with van der Waals surface area (Å²) in [5.41, 5.74) is 7.60. The molecular weight excluding hydrogens is 150 g/mol. The minimum atomic E-state index is -0.0740. The molecule has 1 heterocycles. The van der Waals surface area contributed by atoms with Crippen LogP contribution in [-0.2, 0) is 10.3 Å². The summed E-state index contributed by atoms with van der Waals surface area (Å²) in [4.78, 5) is 0. The predicted octanol–water partition coefficient (Wildman–Crippen LogP) is 1.90. The highest BCUT2D eigenvalue weighted by atomic mass is 16.5. The van der Waals surface area contributed by atoms with Crippen molar-refractivity contribution in [3.8, 4) is 0 Å². The second kappa shape index (κ2) is 2.49. The fraction of sp³-hybridized carbons (Fsp3) is 0.400. The van der Waals surface area contributed by atoms with Gasteiger partial charge < -0.3 is 10.5 Å². The predicted molar refractivity (Wildman–Crippen MR) is 48.8 cm³/mol. The molecule has 0 bridgehead atoms. The Morgan fingerprint density at radius 3 is 2.75 bits per heavy atom. The molecule has 1 atom stereocenters. The van der Waals surface area contributed by atoms with Crippen LogP contribution in [0.4, 0.5) is 5.69 Å². The molecule has 0 aliphatic carbocycles. The van der Waals surface area contributed by atoms with E-state index in [2.05, 4.69) is 13.0 Å². The van der Waals surface area contributed by atoms with Crippen molar-refractivity contribution in [1.29, 1.82) is 0 Å². The molecule has 0 aromatic heterocycles. The van der Waals surface area contributed by atoms with Crippen molar-refractivity contribution in [3.05, 3.63) is 29.8 Å². The van der Waals surface area contributed by atoms with Crippen LogP contribution in [0.3, 0.4) is 0 Å². The van der Waals surface area contributed by atoms with Crippen LogP contribution in [0, 0.1) is 0 Å². The third-order valence-electron chi connectivity index (χ3n) is 2.50. The SMILES string of the molecule is CC1(c2cccc(N)c2)CCO1. The van der Waals surface area contributed by atoms with E-state index >= 15 is 0 Å². The Balaban J connectivity index is 2.33. The van der Waals surface area contributed by atoms with E-state index in [1.54, 1.807) is 0 Å². The zero-order valence-corrected chi connectivity index (χ0v) is 7.21. The smallest absolute Gasteiger partial charge is 0.0925 e. The first-order valence-electron chi connectivity index (χ1n) is 4.21. The Morgan fingerprint density at radius 1 is 1.50 bits per heavy atom. The van der Waals surface area contributed by atoms with Gasteiger partial charge in [-0.05, 0) is 24.6 Å². The Bertz CT molecular complexity index is 292. The fourth-order valence-electron chi connectivity index (χ4n) is 1.50. The third-order valence-corrected chi connectivity index (χ3v) is 2.50. The van der Waals surface area contributed by atoms with Gasteiger partial charge in [-0.2, -0.15) is 0 Å². The maximum atomic E-state index is 5.68. The van der Waals surface area contributed by atoms with Crippen LogP contribution in [0.25, 0.3) is 0 Å². The molecule has 0 saturated carbocycles. The summed E-state index contributed by atoms with van der Waals surface area (Å²) in [6.07, 6.45) is 1.09. The van der Waals surface area contributed by atoms with E-state index < -0.39 is 0 Å². The summed E-state index contributed by atoms with van der Waals surface area (Å²) in [7, 11) is 0. The molecule has 1 unspecified atom stereocenters. The van der Waals surface area contributed by atoms with Gasteiger partial charge >= 0.3 is 0 Å². The Hall–Kier alpha value is -1.02. The summed E-state index contributed by atoms with van der Waals surface area (Å²) < 4.78 is 5.50. The highest BCUT2D eigenvalue weighted by Gasteiger charge is 2.34. The second-order valence-corrected chi connectivity index (χ2v) is 3.45. The van der Waals surface area contributed by atoms with E-state index in [1.807, 2.05) is 18.2 Å². The van der Waals surface area contributed by atoms with Crippen molar-refractivity contribution in [2.75, 3.05) is 12.3 Å². The minimum absolute atomic E-state index is 0.0740. The van der Waals surface area contributed by atoms with Gasteiger partial charge in [0, 0.05) is 12.1 Å². The van der Waals surface area contributed by atoms with Crippen molar-refractivity contribution >= 4 is 5.69 Å². The largest absolute Gasteiger partial charge is 0.399 e. The molecule has 2 N–H and O–H groups in total. The van der Waals surface area contributed by atoms with Crippen LogP contribution in [0.5, 0.6) is 0 Å². The molecule has 1 aliphatic heterocycles. The third kappa shape index (κ3) is 1.08. The lowest BCUT2D eigenvalue weighted by atomic mass is 9.88. The maximum absolute atomic E-state index is 5.68. The van der Waals surface area contributed by atoms with Crippen LogP contribution in [0.2, 0.25) is 0 Å². The van der Waals surface area contributed by atoms with E-state index in [4.69, 9.17) is 10.5 Å². The van der Waals surface area contributed by atoms with Crippen LogP contribution in [-0.4, -0.2) is 6.61 Å². The van der Waals surface area contributed by atoms with Gasteiger partial charge in [0.05, 0.1) is 12.2 Å². The fourth-order valence-corrected chi connectivity index (χ4v) is 1.50. The summed E-state index contributed by atoms with van der Waals surface area (Å²) in [5.74, 6) is 0. The lowest BCUT2D eigenvalue weighted by molar-refractivity contribution is -0.140. The van der Waals surface area contributed by atoms with Gasteiger partial charge in [0.2, 0.25) is 0 Å². The van der Waals surface area contributed by atoms with Crippen molar-refractivity contribution in [1.82, 2.24) is 0 Å². The van der Waals surface area contributed by atoms with Crippen molar-refractivity contribution in [2.45, 2.75) is 18.9 Å². The molecule has 2 nitrogen and oxygen atoms in total. The molecule has 2 heteroatoms. The number of benzene rings is 1. The normalized spacial score (nSPS) is 28.1. The zero-order chi connectivity index (χ0) is 8.60. The monoisotopic (exact) mass is 163 g/mol. The average Bonchev–Trinajstić information content (AvgIpc) is 2.00. The maximum Gasteiger partial charge on any atom is 0.0925 e. The Labute approximate surface area is 72.3 Å². The van der Waals surface area contributed by atoms with Gasteiger partial charge in [0.25, 0.3) is 0 Å². The molecule has 1 fully saturated rings. The molecule has 0 spiro atoms. The Morgan fingerprint density at radius 2 is 2.25 bits per heavy atom. The summed E-state index contributed by atoms with van der Waals surface area (Å²) in [5, 5.41) is 0. The number of hydrogen-bond acceptors (Lipinski definition) is 2. The number of nitrogens with two attached hydrogens (primary N) is 1. The zero-order valence-electron chi connectivity index (χ0n) is 7.21. The molecule has 2 rings (SSSR count). The van der Waals surface area contributed by atoms with Crippen LogP contribution in [0.1, 0.15) is 18.9 Å². The van der Waals surface area contributed by atoms with Crippen LogP contribution in [0.15, 0.2) is 24.3 Å². The van der Waals surface area contributed by atoms with E-state index in [9.17, 15) is 0 Å². The van der Waals surface area contributed by atoms with Crippen molar-refractivity contribution < 1.29 is 4.74 Å². The number of rotatable bonds is 1. The average molecular weight is 163 g/mol. The summed E-state index contributed by atoms with van der Waals surface area (Å²) >= 11 is 0. The van der Waals surface area contributed by atoms with Gasteiger partial charge in [-0.1, -0.05) is 12.1 Å². The molecule has 1 aliphatic rings. The van der Waals surface area contributed by atoms with Gasteiger partial charge in [-0.15, -0.1) is 0 Å². The quantitative estimate of drug-likeness (QED) is 0.642. The molecule has 1 saturated heterocycles. The molecule has 0 radical (unpaired) electrons.